The van der Waals surface area contributed by atoms with Gasteiger partial charge in [-0.2, -0.15) is 0 Å². The molecule has 2 aromatic heterocycles. The molecular formula is C104H81BN4. The molecule has 4 nitrogen and oxygen atoms in total. The van der Waals surface area contributed by atoms with E-state index in [0.29, 0.717) is 0 Å². The highest BCUT2D eigenvalue weighted by Gasteiger charge is 2.47. The van der Waals surface area contributed by atoms with Crippen molar-refractivity contribution >= 4 is 133 Å². The standard InChI is InChI=1S/C104H81BN4/c1-102(2,3)72-38-23-36-69(56-72)83-58-71(64-28-13-10-14-29-64)59-84(70-37-24-39-73(57-70)103(4,5)6)101(83)109-92-62-75(106-87-46-21-19-40-79(87)80-41-20-22-47-88(80)106)50-52-86(92)105-85-53-51-76(107-89-54-48-67-34-25-44-81-82-45-26-35-68-49-55-90(107)98(96(68)82)97(89)95(67)81)63-91(85)108(93-60-74(104(7,8)9)61-94(109)99(93)105)100-77(65-30-15-11-16-31-65)42-27-43-78(100)66-32-17-12-18-33-66/h10-63H,1-9H3. The van der Waals surface area contributed by atoms with Gasteiger partial charge in [-0.25, -0.2) is 0 Å². The maximum absolute atomic E-state index is 2.76. The SMILES string of the molecule is CC(C)(C)c1cccc(-c2cc(-c3ccccc3)cc(-c3cccc(C(C)(C)C)c3)c2N2c3cc(-n4c5ccccc5c5ccccc54)ccc3B3c4ccc(-n5c6ccc7cccc8c9cccc%10ccc5c(c%109)c6c78)cc4N(c4c(-c5ccccc5)cccc4-c4ccccc4)c4cc(C(C)(C)C)cc2c43)c1. The van der Waals surface area contributed by atoms with Gasteiger partial charge in [-0.05, 0) is 188 Å². The average molecular weight is 1400 g/mol. The van der Waals surface area contributed by atoms with Gasteiger partial charge in [-0.3, -0.25) is 0 Å². The lowest BCUT2D eigenvalue weighted by atomic mass is 9.33. The topological polar surface area (TPSA) is 16.3 Å². The minimum atomic E-state index is -0.351. The molecule has 21 rings (SSSR count). The highest BCUT2D eigenvalue weighted by Crippen LogP contribution is 2.56. The minimum Gasteiger partial charge on any atom is -0.310 e. The Morgan fingerprint density at radius 1 is 0.239 bits per heavy atom. The summed E-state index contributed by atoms with van der Waals surface area (Å²) in [5, 5.41) is 12.8. The quantitative estimate of drug-likeness (QED) is 0.0813. The Morgan fingerprint density at radius 3 is 1.08 bits per heavy atom. The van der Waals surface area contributed by atoms with Gasteiger partial charge in [0.25, 0.3) is 6.71 Å². The van der Waals surface area contributed by atoms with E-state index < -0.39 is 0 Å². The molecule has 0 bridgehead atoms. The van der Waals surface area contributed by atoms with Gasteiger partial charge in [0, 0.05) is 77.9 Å². The Bertz CT molecular complexity index is 6620. The molecule has 2 aliphatic heterocycles. The fraction of sp³-hybridized carbons (Fsp3) is 0.115. The van der Waals surface area contributed by atoms with E-state index >= 15 is 0 Å². The van der Waals surface area contributed by atoms with E-state index in [4.69, 9.17) is 0 Å². The van der Waals surface area contributed by atoms with Crippen molar-refractivity contribution in [2.24, 2.45) is 0 Å². The summed E-state index contributed by atoms with van der Waals surface area (Å²) in [5.74, 6) is 0. The van der Waals surface area contributed by atoms with E-state index in [1.54, 1.807) is 0 Å². The normalized spacial score (nSPS) is 13.1. The summed E-state index contributed by atoms with van der Waals surface area (Å²) < 4.78 is 5.11. The van der Waals surface area contributed by atoms with E-state index in [9.17, 15) is 0 Å². The molecule has 109 heavy (non-hydrogen) atoms. The first-order valence-corrected chi connectivity index (χ1v) is 38.7. The van der Waals surface area contributed by atoms with Gasteiger partial charge in [-0.15, -0.1) is 0 Å². The van der Waals surface area contributed by atoms with Crippen molar-refractivity contribution in [3.63, 3.8) is 0 Å². The van der Waals surface area contributed by atoms with Crippen LogP contribution in [0.3, 0.4) is 0 Å². The number of rotatable bonds is 9. The molecule has 5 heteroatoms. The van der Waals surface area contributed by atoms with Crippen LogP contribution >= 0.6 is 0 Å². The van der Waals surface area contributed by atoms with Gasteiger partial charge < -0.3 is 18.9 Å². The fourth-order valence-electron chi connectivity index (χ4n) is 18.7. The second-order valence-corrected chi connectivity index (χ2v) is 33.6. The van der Waals surface area contributed by atoms with Crippen LogP contribution in [0, 0.1) is 0 Å². The molecule has 0 atom stereocenters. The molecule has 17 aromatic carbocycles. The third-order valence-electron chi connectivity index (χ3n) is 24.0. The van der Waals surface area contributed by atoms with Crippen molar-refractivity contribution in [1.82, 2.24) is 9.13 Å². The molecule has 0 unspecified atom stereocenters. The number of benzene rings is 17. The predicted molar refractivity (Wildman–Crippen MR) is 467 cm³/mol. The maximum Gasteiger partial charge on any atom is 0.252 e. The Labute approximate surface area is 637 Å². The number of fused-ring (bicyclic) bond motifs is 8. The summed E-state index contributed by atoms with van der Waals surface area (Å²) in [6.07, 6.45) is 0. The number of hydrogen-bond donors (Lipinski definition) is 0. The molecule has 0 spiro atoms. The highest BCUT2D eigenvalue weighted by molar-refractivity contribution is 7.00. The Balaban J connectivity index is 0.943. The second-order valence-electron chi connectivity index (χ2n) is 33.6. The van der Waals surface area contributed by atoms with Crippen LogP contribution in [0.15, 0.2) is 328 Å². The molecule has 2 aliphatic rings. The second kappa shape index (κ2) is 23.9. The Morgan fingerprint density at radius 2 is 0.624 bits per heavy atom. The van der Waals surface area contributed by atoms with Gasteiger partial charge in [0.2, 0.25) is 0 Å². The van der Waals surface area contributed by atoms with Gasteiger partial charge >= 0.3 is 0 Å². The lowest BCUT2D eigenvalue weighted by Gasteiger charge is -2.46. The third-order valence-corrected chi connectivity index (χ3v) is 24.0. The third kappa shape index (κ3) is 9.91. The van der Waals surface area contributed by atoms with Crippen molar-refractivity contribution in [2.75, 3.05) is 9.80 Å². The van der Waals surface area contributed by atoms with Crippen LogP contribution in [0.2, 0.25) is 0 Å². The predicted octanol–water partition coefficient (Wildman–Crippen LogP) is 26.5. The molecule has 19 aromatic rings. The molecule has 0 aliphatic carbocycles. The lowest BCUT2D eigenvalue weighted by molar-refractivity contribution is 0.590. The molecule has 0 saturated carbocycles. The summed E-state index contributed by atoms with van der Waals surface area (Å²) in [7, 11) is 0. The summed E-state index contributed by atoms with van der Waals surface area (Å²) in [5.41, 5.74) is 32.2. The number of anilines is 6. The van der Waals surface area contributed by atoms with Crippen molar-refractivity contribution in [1.29, 1.82) is 0 Å². The van der Waals surface area contributed by atoms with Crippen LogP contribution in [0.1, 0.15) is 79.0 Å². The number of hydrogen-bond acceptors (Lipinski definition) is 2. The smallest absolute Gasteiger partial charge is 0.252 e. The Kier molecular flexibility index (Phi) is 14.2. The first kappa shape index (κ1) is 64.7. The molecule has 0 N–H and O–H groups in total. The molecule has 0 radical (unpaired) electrons. The average Bonchev–Trinajstić information content (AvgIpc) is 0.772. The zero-order valence-corrected chi connectivity index (χ0v) is 63.0. The van der Waals surface area contributed by atoms with Gasteiger partial charge in [0.05, 0.1) is 33.4 Å². The fourth-order valence-corrected chi connectivity index (χ4v) is 18.7. The summed E-state index contributed by atoms with van der Waals surface area (Å²) in [4.78, 5) is 5.50. The molecule has 0 fully saturated rings. The highest BCUT2D eigenvalue weighted by atomic mass is 15.2. The van der Waals surface area contributed by atoms with E-state index in [1.807, 2.05) is 0 Å². The van der Waals surface area contributed by atoms with Gasteiger partial charge in [0.15, 0.2) is 0 Å². The minimum absolute atomic E-state index is 0.142. The first-order chi connectivity index (χ1) is 53.0. The van der Waals surface area contributed by atoms with Crippen LogP contribution in [0.4, 0.5) is 34.1 Å². The van der Waals surface area contributed by atoms with Crippen LogP contribution in [0.5, 0.6) is 0 Å². The largest absolute Gasteiger partial charge is 0.310 e. The molecule has 0 amide bonds. The lowest BCUT2D eigenvalue weighted by Crippen LogP contribution is -2.61. The van der Waals surface area contributed by atoms with E-state index in [0.717, 1.165) is 101 Å². The van der Waals surface area contributed by atoms with Crippen LogP contribution in [-0.4, -0.2) is 15.8 Å². The van der Waals surface area contributed by atoms with Gasteiger partial charge in [0.1, 0.15) is 0 Å². The first-order valence-electron chi connectivity index (χ1n) is 38.7. The maximum atomic E-state index is 2.76. The van der Waals surface area contributed by atoms with Crippen LogP contribution in [0.25, 0.3) is 143 Å². The van der Waals surface area contributed by atoms with Crippen molar-refractivity contribution in [3.05, 3.63) is 344 Å². The number of aromatic nitrogens is 2. The van der Waals surface area contributed by atoms with Crippen molar-refractivity contribution in [3.8, 4) is 67.0 Å². The van der Waals surface area contributed by atoms with E-state index in [-0.39, 0.29) is 23.0 Å². The van der Waals surface area contributed by atoms with Crippen LogP contribution < -0.4 is 26.2 Å². The van der Waals surface area contributed by atoms with Crippen molar-refractivity contribution < 1.29 is 0 Å². The molecule has 520 valence electrons. The summed E-state index contributed by atoms with van der Waals surface area (Å²) >= 11 is 0. The molecule has 0 saturated heterocycles. The number of para-hydroxylation sites is 3. The van der Waals surface area contributed by atoms with Crippen LogP contribution in [-0.2, 0) is 16.2 Å². The molecule has 4 heterocycles. The Hall–Kier alpha value is -12.7. The zero-order valence-electron chi connectivity index (χ0n) is 63.0. The van der Waals surface area contributed by atoms with E-state index in [1.165, 1.54) is 109 Å². The van der Waals surface area contributed by atoms with Crippen molar-refractivity contribution in [2.45, 2.75) is 78.6 Å². The van der Waals surface area contributed by atoms with Gasteiger partial charge in [-0.1, -0.05) is 317 Å². The van der Waals surface area contributed by atoms with E-state index in [2.05, 4.69) is 409 Å². The molecular weight excluding hydrogens is 1320 g/mol. The number of nitrogens with zero attached hydrogens (tertiary/aromatic N) is 4. The summed E-state index contributed by atoms with van der Waals surface area (Å²) in [6.45, 7) is 21.0. The monoisotopic (exact) mass is 1400 g/mol. The summed E-state index contributed by atoms with van der Waals surface area (Å²) in [6, 6.07) is 126. The zero-order chi connectivity index (χ0) is 73.5.